The molecule has 0 spiro atoms. The molecular formula is C14H19N3O8. The van der Waals surface area contributed by atoms with E-state index >= 15 is 0 Å². The number of carbonyl (C=O) groups is 2. The highest BCUT2D eigenvalue weighted by Crippen LogP contribution is 2.33. The van der Waals surface area contributed by atoms with E-state index in [2.05, 4.69) is 5.32 Å². The summed E-state index contributed by atoms with van der Waals surface area (Å²) in [7, 11) is 0. The molecule has 0 heterocycles. The topological polar surface area (TPSA) is 162 Å². The molecule has 1 aliphatic carbocycles. The van der Waals surface area contributed by atoms with E-state index in [1.807, 2.05) is 0 Å². The second kappa shape index (κ2) is 7.28. The summed E-state index contributed by atoms with van der Waals surface area (Å²) >= 11 is 0. The predicted molar refractivity (Wildman–Crippen MR) is 83.9 cm³/mol. The van der Waals surface area contributed by atoms with Crippen molar-refractivity contribution in [2.24, 2.45) is 5.92 Å². The molecule has 2 atom stereocenters. The van der Waals surface area contributed by atoms with Gasteiger partial charge < -0.3 is 15.2 Å². The van der Waals surface area contributed by atoms with Crippen LogP contribution in [0.15, 0.2) is 23.9 Å². The molecule has 25 heavy (non-hydrogen) atoms. The fourth-order valence-electron chi connectivity index (χ4n) is 2.30. The molecule has 0 aliphatic heterocycles. The molecule has 1 amide bonds. The summed E-state index contributed by atoms with van der Waals surface area (Å²) in [6, 6.07) is 0. The SMILES string of the molecule is CC(C)(C)OC(=O)NCC1([N+](=O)[O-])C=C([N+](=O)[O-])C=CC1CC(=O)O. The maximum atomic E-state index is 11.8. The van der Waals surface area contributed by atoms with Crippen LogP contribution in [0.3, 0.4) is 0 Å². The highest BCUT2D eigenvalue weighted by atomic mass is 16.6. The summed E-state index contributed by atoms with van der Waals surface area (Å²) in [4.78, 5) is 43.7. The molecule has 1 aliphatic rings. The number of nitro groups is 2. The molecule has 0 saturated heterocycles. The summed E-state index contributed by atoms with van der Waals surface area (Å²) in [6.07, 6.45) is 1.30. The van der Waals surface area contributed by atoms with Gasteiger partial charge in [0.05, 0.1) is 29.9 Å². The van der Waals surface area contributed by atoms with Crippen molar-refractivity contribution in [1.82, 2.24) is 5.32 Å². The van der Waals surface area contributed by atoms with Crippen LogP contribution in [0.5, 0.6) is 0 Å². The minimum absolute atomic E-state index is 0.552. The number of carboxylic acids is 1. The smallest absolute Gasteiger partial charge is 0.407 e. The largest absolute Gasteiger partial charge is 0.481 e. The van der Waals surface area contributed by atoms with E-state index in [1.165, 1.54) is 0 Å². The molecule has 0 saturated carbocycles. The number of hydrogen-bond acceptors (Lipinski definition) is 7. The first-order valence-corrected chi connectivity index (χ1v) is 7.26. The van der Waals surface area contributed by atoms with Crippen LogP contribution in [0.1, 0.15) is 27.2 Å². The number of hydrogen-bond donors (Lipinski definition) is 2. The summed E-state index contributed by atoms with van der Waals surface area (Å²) in [5, 5.41) is 33.8. The van der Waals surface area contributed by atoms with Crippen LogP contribution in [-0.2, 0) is 9.53 Å². The number of alkyl carbamates (subject to hydrolysis) is 1. The van der Waals surface area contributed by atoms with E-state index < -0.39 is 57.6 Å². The standard InChI is InChI=1S/C14H19N3O8/c1-13(2,3)25-12(20)15-8-14(17(23)24)7-10(16(21)22)5-4-9(14)6-11(18)19/h4-5,7,9H,6,8H2,1-3H3,(H,15,20)(H,18,19). The van der Waals surface area contributed by atoms with Crippen molar-refractivity contribution in [1.29, 1.82) is 0 Å². The Morgan fingerprint density at radius 3 is 2.40 bits per heavy atom. The van der Waals surface area contributed by atoms with Crippen molar-refractivity contribution < 1.29 is 29.3 Å². The lowest BCUT2D eigenvalue weighted by Gasteiger charge is -2.30. The molecule has 0 aromatic rings. The lowest BCUT2D eigenvalue weighted by Crippen LogP contribution is -2.54. The average molecular weight is 357 g/mol. The summed E-state index contributed by atoms with van der Waals surface area (Å²) < 4.78 is 4.98. The Balaban J connectivity index is 3.16. The second-order valence-electron chi connectivity index (χ2n) is 6.49. The molecule has 1 rings (SSSR count). The Kier molecular flexibility index (Phi) is 5.84. The molecule has 138 valence electrons. The summed E-state index contributed by atoms with van der Waals surface area (Å²) in [5.41, 5.74) is -3.57. The third-order valence-electron chi connectivity index (χ3n) is 3.40. The van der Waals surface area contributed by atoms with Gasteiger partial charge in [0.15, 0.2) is 0 Å². The molecule has 0 aromatic heterocycles. The van der Waals surface area contributed by atoms with Crippen LogP contribution >= 0.6 is 0 Å². The number of rotatable bonds is 6. The fraction of sp³-hybridized carbons (Fsp3) is 0.571. The zero-order chi connectivity index (χ0) is 19.4. The number of carboxylic acid groups (broad SMARTS) is 1. The number of ether oxygens (including phenoxy) is 1. The van der Waals surface area contributed by atoms with Gasteiger partial charge >= 0.3 is 12.1 Å². The Morgan fingerprint density at radius 1 is 1.36 bits per heavy atom. The van der Waals surface area contributed by atoms with Gasteiger partial charge in [0.1, 0.15) is 5.60 Å². The Bertz CT molecular complexity index is 649. The van der Waals surface area contributed by atoms with Crippen LogP contribution < -0.4 is 5.32 Å². The maximum absolute atomic E-state index is 11.8. The molecule has 11 nitrogen and oxygen atoms in total. The van der Waals surface area contributed by atoms with Crippen LogP contribution in [0, 0.1) is 26.1 Å². The zero-order valence-electron chi connectivity index (χ0n) is 13.9. The molecule has 0 aromatic carbocycles. The van der Waals surface area contributed by atoms with Crippen LogP contribution in [-0.4, -0.2) is 44.7 Å². The van der Waals surface area contributed by atoms with Gasteiger partial charge in [-0.1, -0.05) is 6.08 Å². The van der Waals surface area contributed by atoms with Gasteiger partial charge in [-0.05, 0) is 20.8 Å². The average Bonchev–Trinajstić information content (AvgIpc) is 2.43. The highest BCUT2D eigenvalue weighted by Gasteiger charge is 2.52. The molecule has 0 bridgehead atoms. The Morgan fingerprint density at radius 2 is 1.96 bits per heavy atom. The Labute approximate surface area is 142 Å². The number of nitrogens with one attached hydrogen (secondary N) is 1. The molecule has 2 N–H and O–H groups in total. The number of allylic oxidation sites excluding steroid dienone is 1. The van der Waals surface area contributed by atoms with Crippen LogP contribution in [0.2, 0.25) is 0 Å². The van der Waals surface area contributed by atoms with Crippen LogP contribution in [0.4, 0.5) is 4.79 Å². The summed E-state index contributed by atoms with van der Waals surface area (Å²) in [6.45, 7) is 4.13. The predicted octanol–water partition coefficient (Wildman–Crippen LogP) is 1.35. The van der Waals surface area contributed by atoms with Gasteiger partial charge in [-0.15, -0.1) is 0 Å². The van der Waals surface area contributed by atoms with Crippen molar-refractivity contribution in [2.45, 2.75) is 38.3 Å². The monoisotopic (exact) mass is 357 g/mol. The zero-order valence-corrected chi connectivity index (χ0v) is 13.9. The first-order valence-electron chi connectivity index (χ1n) is 7.26. The fourth-order valence-corrected chi connectivity index (χ4v) is 2.30. The van der Waals surface area contributed by atoms with E-state index in [0.717, 1.165) is 18.2 Å². The van der Waals surface area contributed by atoms with Gasteiger partial charge in [0, 0.05) is 11.0 Å². The number of aliphatic carboxylic acids is 1. The van der Waals surface area contributed by atoms with Crippen molar-refractivity contribution in [3.05, 3.63) is 44.2 Å². The third-order valence-corrected chi connectivity index (χ3v) is 3.40. The van der Waals surface area contributed by atoms with E-state index in [-0.39, 0.29) is 0 Å². The van der Waals surface area contributed by atoms with Crippen molar-refractivity contribution in [2.75, 3.05) is 6.54 Å². The molecule has 11 heteroatoms. The normalized spacial score (nSPS) is 22.7. The van der Waals surface area contributed by atoms with Crippen molar-refractivity contribution in [3.8, 4) is 0 Å². The summed E-state index contributed by atoms with van der Waals surface area (Å²) in [5.74, 6) is -2.49. The molecule has 0 radical (unpaired) electrons. The second-order valence-corrected chi connectivity index (χ2v) is 6.49. The third kappa shape index (κ3) is 5.26. The molecule has 2 unspecified atom stereocenters. The van der Waals surface area contributed by atoms with Gasteiger partial charge in [0.2, 0.25) is 0 Å². The van der Waals surface area contributed by atoms with E-state index in [9.17, 15) is 29.8 Å². The van der Waals surface area contributed by atoms with E-state index in [1.54, 1.807) is 20.8 Å². The first-order chi connectivity index (χ1) is 11.4. The van der Waals surface area contributed by atoms with E-state index in [4.69, 9.17) is 9.84 Å². The van der Waals surface area contributed by atoms with Gasteiger partial charge in [0.25, 0.3) is 11.2 Å². The quantitative estimate of drug-likeness (QED) is 0.531. The molecule has 0 fully saturated rings. The van der Waals surface area contributed by atoms with E-state index in [0.29, 0.717) is 0 Å². The lowest BCUT2D eigenvalue weighted by atomic mass is 9.78. The lowest BCUT2D eigenvalue weighted by molar-refractivity contribution is -0.563. The van der Waals surface area contributed by atoms with Gasteiger partial charge in [-0.3, -0.25) is 25.0 Å². The highest BCUT2D eigenvalue weighted by molar-refractivity contribution is 5.69. The van der Waals surface area contributed by atoms with Gasteiger partial charge in [-0.2, -0.15) is 0 Å². The number of amides is 1. The number of nitrogens with zero attached hydrogens (tertiary/aromatic N) is 2. The van der Waals surface area contributed by atoms with Gasteiger partial charge in [-0.25, -0.2) is 4.79 Å². The maximum Gasteiger partial charge on any atom is 0.407 e. The molecular weight excluding hydrogens is 338 g/mol. The van der Waals surface area contributed by atoms with Crippen LogP contribution in [0.25, 0.3) is 0 Å². The Hall–Kier alpha value is -2.98. The van der Waals surface area contributed by atoms with Crippen molar-refractivity contribution >= 4 is 12.1 Å². The first kappa shape index (κ1) is 20.1. The number of carbonyl (C=O) groups excluding carboxylic acids is 1. The minimum Gasteiger partial charge on any atom is -0.481 e. The minimum atomic E-state index is -2.17. The van der Waals surface area contributed by atoms with Crippen molar-refractivity contribution in [3.63, 3.8) is 0 Å².